The number of aromatic hydroxyl groups is 2. The molecule has 90 valence electrons. The molecule has 0 bridgehead atoms. The van der Waals surface area contributed by atoms with Crippen LogP contribution in [0.4, 0.5) is 0 Å². The SMILES string of the molecule is Oc1ccc2c(c1O)OCCC2N1C=NCC1. The zero-order chi connectivity index (χ0) is 11.8. The molecule has 5 nitrogen and oxygen atoms in total. The molecule has 0 saturated heterocycles. The lowest BCUT2D eigenvalue weighted by atomic mass is 9.98. The van der Waals surface area contributed by atoms with E-state index in [1.807, 2.05) is 6.34 Å². The number of nitrogens with zero attached hydrogens (tertiary/aromatic N) is 2. The van der Waals surface area contributed by atoms with Gasteiger partial charge in [0.1, 0.15) is 0 Å². The number of fused-ring (bicyclic) bond motifs is 1. The van der Waals surface area contributed by atoms with Crippen molar-refractivity contribution in [3.8, 4) is 17.2 Å². The molecule has 2 heterocycles. The minimum absolute atomic E-state index is 0.139. The van der Waals surface area contributed by atoms with E-state index in [9.17, 15) is 10.2 Å². The molecular formula is C12H14N2O3. The number of benzene rings is 1. The topological polar surface area (TPSA) is 65.3 Å². The highest BCUT2D eigenvalue weighted by Gasteiger charge is 2.29. The van der Waals surface area contributed by atoms with Gasteiger partial charge in [-0.2, -0.15) is 0 Å². The molecule has 0 saturated carbocycles. The lowest BCUT2D eigenvalue weighted by molar-refractivity contribution is 0.201. The van der Waals surface area contributed by atoms with E-state index in [4.69, 9.17) is 4.74 Å². The Labute approximate surface area is 99.0 Å². The van der Waals surface area contributed by atoms with E-state index in [0.29, 0.717) is 12.4 Å². The second-order valence-electron chi connectivity index (χ2n) is 4.26. The first-order valence-electron chi connectivity index (χ1n) is 5.70. The number of phenolic OH excluding ortho intramolecular Hbond substituents is 2. The molecule has 2 N–H and O–H groups in total. The Morgan fingerprint density at radius 3 is 3.00 bits per heavy atom. The van der Waals surface area contributed by atoms with Gasteiger partial charge in [-0.15, -0.1) is 0 Å². The maximum atomic E-state index is 9.78. The minimum Gasteiger partial charge on any atom is -0.504 e. The van der Waals surface area contributed by atoms with Gasteiger partial charge < -0.3 is 19.8 Å². The molecule has 0 amide bonds. The fourth-order valence-corrected chi connectivity index (χ4v) is 2.39. The third-order valence-corrected chi connectivity index (χ3v) is 3.25. The first-order valence-corrected chi connectivity index (χ1v) is 5.70. The van der Waals surface area contributed by atoms with Crippen LogP contribution in [0.2, 0.25) is 0 Å². The zero-order valence-corrected chi connectivity index (χ0v) is 9.33. The van der Waals surface area contributed by atoms with Crippen LogP contribution in [0.3, 0.4) is 0 Å². The fourth-order valence-electron chi connectivity index (χ4n) is 2.39. The van der Waals surface area contributed by atoms with Gasteiger partial charge in [0.15, 0.2) is 11.5 Å². The average molecular weight is 234 g/mol. The first kappa shape index (κ1) is 10.3. The van der Waals surface area contributed by atoms with Gasteiger partial charge in [0, 0.05) is 18.5 Å². The van der Waals surface area contributed by atoms with Crippen LogP contribution in [0.15, 0.2) is 17.1 Å². The highest BCUT2D eigenvalue weighted by atomic mass is 16.5. The molecule has 1 unspecified atom stereocenters. The van der Waals surface area contributed by atoms with E-state index in [1.54, 1.807) is 6.07 Å². The van der Waals surface area contributed by atoms with Crippen LogP contribution < -0.4 is 4.74 Å². The Morgan fingerprint density at radius 2 is 2.24 bits per heavy atom. The van der Waals surface area contributed by atoms with E-state index in [2.05, 4.69) is 9.89 Å². The van der Waals surface area contributed by atoms with Crippen molar-refractivity contribution < 1.29 is 14.9 Å². The Balaban J connectivity index is 2.02. The molecule has 0 aliphatic carbocycles. The van der Waals surface area contributed by atoms with E-state index in [1.165, 1.54) is 6.07 Å². The molecular weight excluding hydrogens is 220 g/mol. The van der Waals surface area contributed by atoms with Gasteiger partial charge >= 0.3 is 0 Å². The van der Waals surface area contributed by atoms with E-state index in [0.717, 1.165) is 25.1 Å². The van der Waals surface area contributed by atoms with Crippen molar-refractivity contribution in [2.24, 2.45) is 4.99 Å². The second kappa shape index (κ2) is 3.84. The summed E-state index contributed by atoms with van der Waals surface area (Å²) in [4.78, 5) is 6.35. The third-order valence-electron chi connectivity index (χ3n) is 3.25. The van der Waals surface area contributed by atoms with Gasteiger partial charge in [-0.25, -0.2) is 0 Å². The Morgan fingerprint density at radius 1 is 1.35 bits per heavy atom. The standard InChI is InChI=1S/C12H14N2O3/c15-10-2-1-8-9(14-5-4-13-7-14)3-6-17-12(8)11(10)16/h1-2,7,9,15-16H,3-6H2. The predicted molar refractivity (Wildman–Crippen MR) is 62.7 cm³/mol. The molecule has 0 fully saturated rings. The van der Waals surface area contributed by atoms with Gasteiger partial charge in [-0.05, 0) is 12.1 Å². The van der Waals surface area contributed by atoms with Gasteiger partial charge in [-0.3, -0.25) is 4.99 Å². The molecule has 1 atom stereocenters. The number of ether oxygens (including phenoxy) is 1. The monoisotopic (exact) mass is 234 g/mol. The summed E-state index contributed by atoms with van der Waals surface area (Å²) in [7, 11) is 0. The lowest BCUT2D eigenvalue weighted by Crippen LogP contribution is -2.30. The number of hydrogen-bond acceptors (Lipinski definition) is 5. The molecule has 1 aromatic rings. The van der Waals surface area contributed by atoms with Gasteiger partial charge in [0.25, 0.3) is 0 Å². The Hall–Kier alpha value is -1.91. The van der Waals surface area contributed by atoms with Crippen molar-refractivity contribution >= 4 is 6.34 Å². The van der Waals surface area contributed by atoms with Crippen LogP contribution >= 0.6 is 0 Å². The quantitative estimate of drug-likeness (QED) is 0.718. The van der Waals surface area contributed by atoms with Crippen molar-refractivity contribution in [1.82, 2.24) is 4.90 Å². The van der Waals surface area contributed by atoms with Crippen molar-refractivity contribution in [3.63, 3.8) is 0 Å². The summed E-state index contributed by atoms with van der Waals surface area (Å²) in [6, 6.07) is 3.49. The maximum Gasteiger partial charge on any atom is 0.200 e. The van der Waals surface area contributed by atoms with E-state index >= 15 is 0 Å². The maximum absolute atomic E-state index is 9.78. The van der Waals surface area contributed by atoms with Crippen molar-refractivity contribution in [1.29, 1.82) is 0 Å². The average Bonchev–Trinajstić information content (AvgIpc) is 2.87. The van der Waals surface area contributed by atoms with E-state index in [-0.39, 0.29) is 17.5 Å². The number of rotatable bonds is 1. The molecule has 0 aromatic heterocycles. The van der Waals surface area contributed by atoms with Crippen LogP contribution in [0, 0.1) is 0 Å². The molecule has 2 aliphatic rings. The van der Waals surface area contributed by atoms with Crippen LogP contribution in [0.25, 0.3) is 0 Å². The number of aliphatic imine (C=N–C) groups is 1. The normalized spacial score (nSPS) is 22.4. The summed E-state index contributed by atoms with van der Waals surface area (Å²) in [6.07, 6.45) is 2.72. The molecule has 0 spiro atoms. The molecule has 1 aromatic carbocycles. The highest BCUT2D eigenvalue weighted by Crippen LogP contribution is 2.45. The Bertz CT molecular complexity index is 473. The van der Waals surface area contributed by atoms with Crippen molar-refractivity contribution in [3.05, 3.63) is 17.7 Å². The largest absolute Gasteiger partial charge is 0.504 e. The van der Waals surface area contributed by atoms with Gasteiger partial charge in [0.2, 0.25) is 5.75 Å². The smallest absolute Gasteiger partial charge is 0.200 e. The predicted octanol–water partition coefficient (Wildman–Crippen LogP) is 1.27. The molecule has 17 heavy (non-hydrogen) atoms. The van der Waals surface area contributed by atoms with Gasteiger partial charge in [0.05, 0.1) is 25.5 Å². The first-order chi connectivity index (χ1) is 8.27. The molecule has 2 aliphatic heterocycles. The van der Waals surface area contributed by atoms with Gasteiger partial charge in [-0.1, -0.05) is 0 Å². The van der Waals surface area contributed by atoms with Crippen molar-refractivity contribution in [2.75, 3.05) is 19.7 Å². The molecule has 0 radical (unpaired) electrons. The third kappa shape index (κ3) is 1.58. The van der Waals surface area contributed by atoms with E-state index < -0.39 is 0 Å². The minimum atomic E-state index is -0.164. The lowest BCUT2D eigenvalue weighted by Gasteiger charge is -2.32. The second-order valence-corrected chi connectivity index (χ2v) is 4.26. The summed E-state index contributed by atoms with van der Waals surface area (Å²) in [5.41, 5.74) is 0.917. The van der Waals surface area contributed by atoms with Crippen LogP contribution in [-0.2, 0) is 0 Å². The molecule has 5 heteroatoms. The summed E-state index contributed by atoms with van der Waals surface area (Å²) < 4.78 is 5.44. The Kier molecular flexibility index (Phi) is 2.31. The summed E-state index contributed by atoms with van der Waals surface area (Å²) in [5, 5.41) is 19.2. The van der Waals surface area contributed by atoms with Crippen LogP contribution in [0.1, 0.15) is 18.0 Å². The van der Waals surface area contributed by atoms with Crippen LogP contribution in [-0.4, -0.2) is 41.1 Å². The summed E-state index contributed by atoms with van der Waals surface area (Å²) in [6.45, 7) is 2.25. The number of hydrogen-bond donors (Lipinski definition) is 2. The summed E-state index contributed by atoms with van der Waals surface area (Å²) >= 11 is 0. The zero-order valence-electron chi connectivity index (χ0n) is 9.33. The summed E-state index contributed by atoms with van der Waals surface area (Å²) in [5.74, 6) is 0.101. The molecule has 3 rings (SSSR count). The fraction of sp³-hybridized carbons (Fsp3) is 0.417. The number of phenols is 2. The highest BCUT2D eigenvalue weighted by molar-refractivity contribution is 5.61. The van der Waals surface area contributed by atoms with Crippen molar-refractivity contribution in [2.45, 2.75) is 12.5 Å². The van der Waals surface area contributed by atoms with Crippen LogP contribution in [0.5, 0.6) is 17.2 Å².